The first-order valence-electron chi connectivity index (χ1n) is 10.1. The van der Waals surface area contributed by atoms with Crippen LogP contribution in [0.2, 0.25) is 0 Å². The second kappa shape index (κ2) is 9.09. The van der Waals surface area contributed by atoms with E-state index in [0.717, 1.165) is 33.7 Å². The Hall–Kier alpha value is -3.87. The summed E-state index contributed by atoms with van der Waals surface area (Å²) in [5, 5.41) is 0. The van der Waals surface area contributed by atoms with E-state index in [1.54, 1.807) is 35.5 Å². The fourth-order valence-electron chi connectivity index (χ4n) is 3.75. The van der Waals surface area contributed by atoms with Crippen LogP contribution in [0.25, 0.3) is 22.4 Å². The molecular weight excluding hydrogens is 408 g/mol. The molecule has 0 aliphatic rings. The number of hydrogen-bond donors (Lipinski definition) is 0. The van der Waals surface area contributed by atoms with Crippen molar-refractivity contribution in [3.05, 3.63) is 60.2 Å². The summed E-state index contributed by atoms with van der Waals surface area (Å²) in [4.78, 5) is 4.93. The maximum absolute atomic E-state index is 5.51. The minimum Gasteiger partial charge on any atom is -0.497 e. The summed E-state index contributed by atoms with van der Waals surface area (Å²) in [6, 6.07) is 17.6. The van der Waals surface area contributed by atoms with Crippen LogP contribution in [-0.4, -0.2) is 45.1 Å². The molecule has 0 amide bonds. The number of rotatable bonds is 8. The Morgan fingerprint density at radius 2 is 1.31 bits per heavy atom. The van der Waals surface area contributed by atoms with Gasteiger partial charge in [0.05, 0.1) is 46.6 Å². The molecule has 7 nitrogen and oxygen atoms in total. The Bertz CT molecular complexity index is 1250. The highest BCUT2D eigenvalue weighted by molar-refractivity contribution is 5.82. The second-order valence-electron chi connectivity index (χ2n) is 7.14. The second-order valence-corrected chi connectivity index (χ2v) is 7.14. The highest BCUT2D eigenvalue weighted by atomic mass is 16.5. The fourth-order valence-corrected chi connectivity index (χ4v) is 3.75. The summed E-state index contributed by atoms with van der Waals surface area (Å²) in [6.45, 7) is 0.590. The van der Waals surface area contributed by atoms with Gasteiger partial charge in [-0.1, -0.05) is 6.07 Å². The zero-order valence-corrected chi connectivity index (χ0v) is 18.8. The molecule has 4 rings (SSSR count). The van der Waals surface area contributed by atoms with E-state index in [2.05, 4.69) is 4.57 Å². The number of hydrogen-bond acceptors (Lipinski definition) is 6. The topological polar surface area (TPSA) is 64.0 Å². The minimum atomic E-state index is 0.590. The maximum atomic E-state index is 5.51. The first-order chi connectivity index (χ1) is 15.6. The third-order valence-electron chi connectivity index (χ3n) is 5.39. The van der Waals surface area contributed by atoms with Crippen LogP contribution < -0.4 is 23.7 Å². The molecular formula is C25H26N2O5. The van der Waals surface area contributed by atoms with Crippen molar-refractivity contribution in [3.63, 3.8) is 0 Å². The largest absolute Gasteiger partial charge is 0.497 e. The lowest BCUT2D eigenvalue weighted by Crippen LogP contribution is -2.03. The highest BCUT2D eigenvalue weighted by Crippen LogP contribution is 2.35. The van der Waals surface area contributed by atoms with E-state index in [4.69, 9.17) is 28.7 Å². The van der Waals surface area contributed by atoms with Gasteiger partial charge in [0.25, 0.3) is 0 Å². The molecule has 0 aliphatic heterocycles. The molecule has 32 heavy (non-hydrogen) atoms. The van der Waals surface area contributed by atoms with Gasteiger partial charge in [0.1, 0.15) is 11.6 Å². The van der Waals surface area contributed by atoms with Crippen molar-refractivity contribution >= 4 is 11.0 Å². The first kappa shape index (κ1) is 21.4. The molecule has 4 aromatic rings. The molecule has 166 valence electrons. The van der Waals surface area contributed by atoms with Crippen molar-refractivity contribution in [1.82, 2.24) is 9.55 Å². The van der Waals surface area contributed by atoms with E-state index in [1.165, 1.54) is 0 Å². The molecule has 3 aromatic carbocycles. The lowest BCUT2D eigenvalue weighted by molar-refractivity contribution is 0.354. The van der Waals surface area contributed by atoms with Gasteiger partial charge in [0.15, 0.2) is 23.0 Å². The number of methoxy groups -OCH3 is 5. The first-order valence-corrected chi connectivity index (χ1v) is 10.1. The standard InChI is InChI=1S/C25H26N2O5/c1-28-18-8-9-20-19(14-18)26-25(17-7-11-22(30-3)24(13-17)32-5)27(20)15-16-6-10-21(29-2)23(12-16)31-4/h6-14H,15H2,1-5H3. The summed E-state index contributed by atoms with van der Waals surface area (Å²) in [5.74, 6) is 4.25. The van der Waals surface area contributed by atoms with E-state index in [0.29, 0.717) is 29.5 Å². The predicted molar refractivity (Wildman–Crippen MR) is 123 cm³/mol. The van der Waals surface area contributed by atoms with Gasteiger partial charge in [-0.25, -0.2) is 4.98 Å². The predicted octanol–water partition coefficient (Wildman–Crippen LogP) is 4.79. The Labute approximate surface area is 187 Å². The van der Waals surface area contributed by atoms with Crippen molar-refractivity contribution in [2.75, 3.05) is 35.5 Å². The monoisotopic (exact) mass is 434 g/mol. The van der Waals surface area contributed by atoms with E-state index in [9.17, 15) is 0 Å². The summed E-state index contributed by atoms with van der Waals surface area (Å²) in [5.41, 5.74) is 3.80. The molecule has 7 heteroatoms. The average Bonchev–Trinajstić information content (AvgIpc) is 3.20. The minimum absolute atomic E-state index is 0.590. The van der Waals surface area contributed by atoms with E-state index in [1.807, 2.05) is 54.6 Å². The van der Waals surface area contributed by atoms with Crippen LogP contribution in [0.4, 0.5) is 0 Å². The van der Waals surface area contributed by atoms with Gasteiger partial charge in [-0.15, -0.1) is 0 Å². The zero-order valence-electron chi connectivity index (χ0n) is 18.8. The number of fused-ring (bicyclic) bond motifs is 1. The normalized spacial score (nSPS) is 10.8. The lowest BCUT2D eigenvalue weighted by Gasteiger charge is -2.14. The molecule has 1 aromatic heterocycles. The number of nitrogens with zero attached hydrogens (tertiary/aromatic N) is 2. The molecule has 0 atom stereocenters. The quantitative estimate of drug-likeness (QED) is 0.397. The third kappa shape index (κ3) is 3.89. The van der Waals surface area contributed by atoms with Crippen molar-refractivity contribution in [3.8, 4) is 40.1 Å². The maximum Gasteiger partial charge on any atom is 0.161 e. The van der Waals surface area contributed by atoms with Crippen molar-refractivity contribution in [2.24, 2.45) is 0 Å². The zero-order chi connectivity index (χ0) is 22.7. The smallest absolute Gasteiger partial charge is 0.161 e. The van der Waals surface area contributed by atoms with Crippen molar-refractivity contribution < 1.29 is 23.7 Å². The van der Waals surface area contributed by atoms with Gasteiger partial charge in [-0.3, -0.25) is 0 Å². The van der Waals surface area contributed by atoms with Gasteiger partial charge < -0.3 is 28.3 Å². The SMILES string of the molecule is COc1ccc2c(c1)nc(-c1ccc(OC)c(OC)c1)n2Cc1ccc(OC)c(OC)c1. The molecule has 1 heterocycles. The molecule has 0 bridgehead atoms. The third-order valence-corrected chi connectivity index (χ3v) is 5.39. The van der Waals surface area contributed by atoms with Crippen molar-refractivity contribution in [2.45, 2.75) is 6.54 Å². The number of aromatic nitrogens is 2. The van der Waals surface area contributed by atoms with Crippen molar-refractivity contribution in [1.29, 1.82) is 0 Å². The van der Waals surface area contributed by atoms with Crippen LogP contribution in [0.3, 0.4) is 0 Å². The summed E-state index contributed by atoms with van der Waals surface area (Å²) >= 11 is 0. The van der Waals surface area contributed by atoms with Gasteiger partial charge >= 0.3 is 0 Å². The van der Waals surface area contributed by atoms with Gasteiger partial charge in [0.2, 0.25) is 0 Å². The lowest BCUT2D eigenvalue weighted by atomic mass is 10.1. The van der Waals surface area contributed by atoms with Gasteiger partial charge in [-0.05, 0) is 48.0 Å². The Morgan fingerprint density at radius 1 is 0.656 bits per heavy atom. The summed E-state index contributed by atoms with van der Waals surface area (Å²) < 4.78 is 29.3. The Balaban J connectivity index is 1.87. The Kier molecular flexibility index (Phi) is 6.07. The fraction of sp³-hybridized carbons (Fsp3) is 0.240. The molecule has 0 fully saturated rings. The number of ether oxygens (including phenoxy) is 5. The highest BCUT2D eigenvalue weighted by Gasteiger charge is 2.17. The van der Waals surface area contributed by atoms with E-state index in [-0.39, 0.29) is 0 Å². The van der Waals surface area contributed by atoms with Crippen LogP contribution in [0.15, 0.2) is 54.6 Å². The molecule has 0 unspecified atom stereocenters. The van der Waals surface area contributed by atoms with Crippen LogP contribution in [-0.2, 0) is 6.54 Å². The van der Waals surface area contributed by atoms with Crippen LogP contribution in [0.5, 0.6) is 28.7 Å². The molecule has 0 saturated heterocycles. The van der Waals surface area contributed by atoms with Crippen LogP contribution in [0.1, 0.15) is 5.56 Å². The van der Waals surface area contributed by atoms with Crippen LogP contribution in [0, 0.1) is 0 Å². The summed E-state index contributed by atoms with van der Waals surface area (Å²) in [7, 11) is 8.16. The summed E-state index contributed by atoms with van der Waals surface area (Å²) in [6.07, 6.45) is 0. The molecule has 0 saturated carbocycles. The van der Waals surface area contributed by atoms with E-state index >= 15 is 0 Å². The van der Waals surface area contributed by atoms with E-state index < -0.39 is 0 Å². The van der Waals surface area contributed by atoms with Crippen LogP contribution >= 0.6 is 0 Å². The molecule has 0 radical (unpaired) electrons. The number of benzene rings is 3. The molecule has 0 spiro atoms. The van der Waals surface area contributed by atoms with Gasteiger partial charge in [0, 0.05) is 18.2 Å². The molecule has 0 N–H and O–H groups in total. The Morgan fingerprint density at radius 3 is 1.97 bits per heavy atom. The average molecular weight is 434 g/mol. The number of imidazole rings is 1. The molecule has 0 aliphatic carbocycles. The van der Waals surface area contributed by atoms with Gasteiger partial charge in [-0.2, -0.15) is 0 Å².